The van der Waals surface area contributed by atoms with E-state index in [1.165, 1.54) is 0 Å². The average Bonchev–Trinajstić information content (AvgIpc) is 2.43. The van der Waals surface area contributed by atoms with Crippen LogP contribution in [-0.4, -0.2) is 0 Å². The van der Waals surface area contributed by atoms with Gasteiger partial charge in [0.05, 0.1) is 21.7 Å². The maximum atomic E-state index is 9.01. The summed E-state index contributed by atoms with van der Waals surface area (Å²) in [5.74, 6) is 1.65. The van der Waals surface area contributed by atoms with Crippen LogP contribution in [0.3, 0.4) is 0 Å². The number of nitriles is 1. The van der Waals surface area contributed by atoms with E-state index in [4.69, 9.17) is 28.5 Å². The fourth-order valence-electron chi connectivity index (χ4n) is 1.66. The fraction of sp³-hybridized carbons (Fsp3) is 0.133. The van der Waals surface area contributed by atoms with Crippen molar-refractivity contribution >= 4 is 35.0 Å². The number of halogens is 2. The van der Waals surface area contributed by atoms with Gasteiger partial charge < -0.3 is 0 Å². The first-order valence-corrected chi connectivity index (χ1v) is 7.61. The van der Waals surface area contributed by atoms with Crippen LogP contribution in [0.15, 0.2) is 42.5 Å². The first-order valence-electron chi connectivity index (χ1n) is 5.70. The molecule has 0 N–H and O–H groups in total. The van der Waals surface area contributed by atoms with Gasteiger partial charge >= 0.3 is 0 Å². The Hall–Kier alpha value is -1.14. The van der Waals surface area contributed by atoms with E-state index in [2.05, 4.69) is 6.07 Å². The summed E-state index contributed by atoms with van der Waals surface area (Å²) in [5, 5.41) is 10.2. The molecule has 0 amide bonds. The number of hydrogen-bond acceptors (Lipinski definition) is 2. The third-order valence-electron chi connectivity index (χ3n) is 2.65. The van der Waals surface area contributed by atoms with Crippen molar-refractivity contribution in [1.29, 1.82) is 5.26 Å². The molecule has 0 aromatic heterocycles. The van der Waals surface area contributed by atoms with Gasteiger partial charge in [0.25, 0.3) is 0 Å². The molecule has 4 heteroatoms. The van der Waals surface area contributed by atoms with Crippen LogP contribution in [-0.2, 0) is 11.5 Å². The van der Waals surface area contributed by atoms with E-state index in [1.54, 1.807) is 11.8 Å². The highest BCUT2D eigenvalue weighted by Gasteiger charge is 2.03. The summed E-state index contributed by atoms with van der Waals surface area (Å²) < 4.78 is 0. The number of nitrogens with zero attached hydrogens (tertiary/aromatic N) is 1. The van der Waals surface area contributed by atoms with Crippen LogP contribution in [0.25, 0.3) is 0 Å². The third-order valence-corrected chi connectivity index (χ3v) is 4.44. The van der Waals surface area contributed by atoms with Crippen molar-refractivity contribution in [3.05, 3.63) is 69.2 Å². The zero-order valence-corrected chi connectivity index (χ0v) is 12.4. The smallest absolute Gasteiger partial charge is 0.0994 e. The van der Waals surface area contributed by atoms with Crippen molar-refractivity contribution in [1.82, 2.24) is 0 Å². The molecule has 1 nitrogen and oxygen atoms in total. The van der Waals surface area contributed by atoms with Gasteiger partial charge in [-0.05, 0) is 29.3 Å². The van der Waals surface area contributed by atoms with Crippen LogP contribution in [0.4, 0.5) is 0 Å². The third kappa shape index (κ3) is 3.91. The lowest BCUT2D eigenvalue weighted by molar-refractivity contribution is 1.33. The molecule has 0 bridgehead atoms. The SMILES string of the molecule is N#Cc1ccccc1CSCc1ccc(Cl)c(Cl)c1. The zero-order valence-electron chi connectivity index (χ0n) is 10.1. The summed E-state index contributed by atoms with van der Waals surface area (Å²) in [6.45, 7) is 0. The Kier molecular flexibility index (Phi) is 5.15. The Labute approximate surface area is 127 Å². The number of rotatable bonds is 4. The molecule has 0 aliphatic heterocycles. The lowest BCUT2D eigenvalue weighted by Crippen LogP contribution is -1.88. The van der Waals surface area contributed by atoms with E-state index >= 15 is 0 Å². The Morgan fingerprint density at radius 3 is 2.53 bits per heavy atom. The summed E-state index contributed by atoms with van der Waals surface area (Å²) in [6.07, 6.45) is 0. The summed E-state index contributed by atoms with van der Waals surface area (Å²) in [6, 6.07) is 15.5. The molecular formula is C15H11Cl2NS. The van der Waals surface area contributed by atoms with Gasteiger partial charge in [-0.25, -0.2) is 0 Å². The van der Waals surface area contributed by atoms with Gasteiger partial charge in [0.1, 0.15) is 0 Å². The molecule has 2 aromatic rings. The lowest BCUT2D eigenvalue weighted by Gasteiger charge is -2.05. The van der Waals surface area contributed by atoms with E-state index in [1.807, 2.05) is 42.5 Å². The minimum Gasteiger partial charge on any atom is -0.192 e. The molecule has 0 fully saturated rings. The predicted octanol–water partition coefficient (Wildman–Crippen LogP) is 5.30. The van der Waals surface area contributed by atoms with E-state index < -0.39 is 0 Å². The molecule has 0 unspecified atom stereocenters. The highest BCUT2D eigenvalue weighted by atomic mass is 35.5. The Bertz CT molecular complexity index is 620. The van der Waals surface area contributed by atoms with Crippen molar-refractivity contribution in [2.75, 3.05) is 0 Å². The number of thioether (sulfide) groups is 1. The Balaban J connectivity index is 1.97. The first-order chi connectivity index (χ1) is 9.20. The monoisotopic (exact) mass is 307 g/mol. The molecule has 0 spiro atoms. The highest BCUT2D eigenvalue weighted by Crippen LogP contribution is 2.26. The molecule has 0 saturated carbocycles. The van der Waals surface area contributed by atoms with Crippen molar-refractivity contribution < 1.29 is 0 Å². The molecule has 2 aromatic carbocycles. The van der Waals surface area contributed by atoms with E-state index in [9.17, 15) is 0 Å². The van der Waals surface area contributed by atoms with Crippen molar-refractivity contribution in [3.63, 3.8) is 0 Å². The first kappa shape index (κ1) is 14.3. The molecule has 19 heavy (non-hydrogen) atoms. The summed E-state index contributed by atoms with van der Waals surface area (Å²) in [7, 11) is 0. The topological polar surface area (TPSA) is 23.8 Å². The minimum atomic E-state index is 0.574. The van der Waals surface area contributed by atoms with Gasteiger partial charge in [0.2, 0.25) is 0 Å². The van der Waals surface area contributed by atoms with Crippen LogP contribution in [0.2, 0.25) is 10.0 Å². The van der Waals surface area contributed by atoms with Gasteiger partial charge in [-0.15, -0.1) is 0 Å². The Morgan fingerprint density at radius 1 is 1.00 bits per heavy atom. The maximum absolute atomic E-state index is 9.01. The van der Waals surface area contributed by atoms with E-state index in [0.717, 1.165) is 28.2 Å². The predicted molar refractivity (Wildman–Crippen MR) is 82.6 cm³/mol. The molecule has 2 rings (SSSR count). The van der Waals surface area contributed by atoms with Crippen LogP contribution in [0.5, 0.6) is 0 Å². The highest BCUT2D eigenvalue weighted by molar-refractivity contribution is 7.97. The molecule has 0 aliphatic rings. The molecule has 0 aliphatic carbocycles. The van der Waals surface area contributed by atoms with Crippen LogP contribution in [0, 0.1) is 11.3 Å². The Morgan fingerprint density at radius 2 is 1.79 bits per heavy atom. The van der Waals surface area contributed by atoms with Crippen molar-refractivity contribution in [2.24, 2.45) is 0 Å². The zero-order chi connectivity index (χ0) is 13.7. The summed E-state index contributed by atoms with van der Waals surface area (Å²) >= 11 is 13.6. The molecule has 0 radical (unpaired) electrons. The molecule has 0 saturated heterocycles. The van der Waals surface area contributed by atoms with Gasteiger partial charge in [-0.1, -0.05) is 47.5 Å². The second kappa shape index (κ2) is 6.86. The number of benzene rings is 2. The largest absolute Gasteiger partial charge is 0.192 e. The van der Waals surface area contributed by atoms with Crippen LogP contribution >= 0.6 is 35.0 Å². The standard InChI is InChI=1S/C15H11Cl2NS/c16-14-6-5-11(7-15(14)17)9-19-10-13-4-2-1-3-12(13)8-18/h1-7H,9-10H2. The van der Waals surface area contributed by atoms with Crippen LogP contribution < -0.4 is 0 Å². The fourth-order valence-corrected chi connectivity index (χ4v) is 2.97. The van der Waals surface area contributed by atoms with Gasteiger partial charge in [0.15, 0.2) is 0 Å². The molecule has 0 heterocycles. The lowest BCUT2D eigenvalue weighted by atomic mass is 10.1. The normalized spacial score (nSPS) is 10.2. The second-order valence-corrected chi connectivity index (χ2v) is 5.81. The molecule has 96 valence electrons. The minimum absolute atomic E-state index is 0.574. The van der Waals surface area contributed by atoms with Crippen molar-refractivity contribution in [2.45, 2.75) is 11.5 Å². The van der Waals surface area contributed by atoms with E-state index in [-0.39, 0.29) is 0 Å². The number of hydrogen-bond donors (Lipinski definition) is 0. The van der Waals surface area contributed by atoms with Gasteiger partial charge in [0, 0.05) is 11.5 Å². The quantitative estimate of drug-likeness (QED) is 0.765. The summed E-state index contributed by atoms with van der Waals surface area (Å²) in [4.78, 5) is 0. The summed E-state index contributed by atoms with van der Waals surface area (Å²) in [5.41, 5.74) is 2.94. The average molecular weight is 308 g/mol. The maximum Gasteiger partial charge on any atom is 0.0994 e. The van der Waals surface area contributed by atoms with Gasteiger partial charge in [-0.2, -0.15) is 17.0 Å². The second-order valence-electron chi connectivity index (χ2n) is 4.01. The van der Waals surface area contributed by atoms with Crippen LogP contribution in [0.1, 0.15) is 16.7 Å². The van der Waals surface area contributed by atoms with Crippen molar-refractivity contribution in [3.8, 4) is 6.07 Å². The van der Waals surface area contributed by atoms with Gasteiger partial charge in [-0.3, -0.25) is 0 Å². The molecule has 0 atom stereocenters. The van der Waals surface area contributed by atoms with E-state index in [0.29, 0.717) is 10.0 Å². The molecular weight excluding hydrogens is 297 g/mol.